The summed E-state index contributed by atoms with van der Waals surface area (Å²) in [5.74, 6) is 0.293. The lowest BCUT2D eigenvalue weighted by molar-refractivity contribution is -0.127. The van der Waals surface area contributed by atoms with E-state index in [0.717, 1.165) is 22.4 Å². The van der Waals surface area contributed by atoms with Crippen LogP contribution in [0, 0.1) is 5.41 Å². The molecule has 0 aliphatic carbocycles. The molecule has 3 aromatic rings. The average molecular weight is 514 g/mol. The number of hydrogen-bond donors (Lipinski definition) is 1. The Morgan fingerprint density at radius 2 is 1.66 bits per heavy atom. The van der Waals surface area contributed by atoms with Crippen molar-refractivity contribution in [3.8, 4) is 5.75 Å². The number of carbonyl (C=O) groups is 3. The molecule has 4 rings (SSSR count). The van der Waals surface area contributed by atoms with Crippen molar-refractivity contribution in [2.75, 3.05) is 39.8 Å². The third-order valence-corrected chi connectivity index (χ3v) is 6.70. The molecular weight excluding hydrogens is 479 g/mol. The molecule has 8 nitrogen and oxygen atoms in total. The number of H-pyrrole nitrogens is 1. The second-order valence-electron chi connectivity index (χ2n) is 10.9. The molecule has 1 aliphatic heterocycles. The number of aliphatic imine (C=N–C) groups is 1. The first-order valence-corrected chi connectivity index (χ1v) is 12.9. The van der Waals surface area contributed by atoms with Gasteiger partial charge in [0.05, 0.1) is 24.6 Å². The van der Waals surface area contributed by atoms with Gasteiger partial charge in [-0.1, -0.05) is 62.6 Å². The molecule has 0 bridgehead atoms. The number of fused-ring (bicyclic) bond motifs is 1. The van der Waals surface area contributed by atoms with Crippen molar-refractivity contribution in [2.24, 2.45) is 10.4 Å². The average Bonchev–Trinajstić information content (AvgIpc) is 3.34. The van der Waals surface area contributed by atoms with Crippen LogP contribution in [0.3, 0.4) is 0 Å². The highest BCUT2D eigenvalue weighted by atomic mass is 16.5. The highest BCUT2D eigenvalue weighted by molar-refractivity contribution is 6.46. The van der Waals surface area contributed by atoms with Crippen LogP contribution < -0.4 is 10.2 Å². The van der Waals surface area contributed by atoms with Gasteiger partial charge in [0.2, 0.25) is 0 Å². The van der Waals surface area contributed by atoms with Gasteiger partial charge >= 0.3 is 0 Å². The smallest absolute Gasteiger partial charge is 0.295 e. The van der Waals surface area contributed by atoms with Gasteiger partial charge in [0.25, 0.3) is 11.7 Å². The second-order valence-corrected chi connectivity index (χ2v) is 10.9. The Kier molecular flexibility index (Phi) is 8.04. The Morgan fingerprint density at radius 1 is 1.00 bits per heavy atom. The fourth-order valence-electron chi connectivity index (χ4n) is 4.86. The number of Topliss-reactive ketones (excluding diaryl/α,β-unsaturated/α-hetero) is 2. The Hall–Kier alpha value is -3.88. The fraction of sp³-hybridized carbons (Fsp3) is 0.379. The lowest BCUT2D eigenvalue weighted by Crippen LogP contribution is -2.52. The van der Waals surface area contributed by atoms with E-state index in [0.29, 0.717) is 49.3 Å². The summed E-state index contributed by atoms with van der Waals surface area (Å²) in [6, 6.07) is 13.5. The summed E-state index contributed by atoms with van der Waals surface area (Å²) < 4.78 is 5.46. The van der Waals surface area contributed by atoms with E-state index in [2.05, 4.69) is 9.88 Å². The van der Waals surface area contributed by atoms with Crippen LogP contribution in [0.4, 0.5) is 0 Å². The fourth-order valence-corrected chi connectivity index (χ4v) is 4.86. The first kappa shape index (κ1) is 27.2. The molecule has 198 valence electrons. The van der Waals surface area contributed by atoms with Crippen molar-refractivity contribution in [2.45, 2.75) is 27.2 Å². The predicted octanol–water partition coefficient (Wildman–Crippen LogP) is 2.21. The number of carbonyl (C=O) groups excluding carboxylic acids is 3. The van der Waals surface area contributed by atoms with E-state index in [9.17, 15) is 14.4 Å². The first-order chi connectivity index (χ1) is 18.1. The van der Waals surface area contributed by atoms with E-state index in [1.165, 1.54) is 0 Å². The van der Waals surface area contributed by atoms with E-state index in [-0.39, 0.29) is 17.7 Å². The topological polar surface area (TPSA) is 95.1 Å². The molecule has 0 unspecified atom stereocenters. The predicted molar refractivity (Wildman–Crippen MR) is 152 cm³/mol. The second kappa shape index (κ2) is 11.2. The van der Waals surface area contributed by atoms with Gasteiger partial charge < -0.3 is 19.5 Å². The molecule has 1 fully saturated rings. The minimum Gasteiger partial charge on any atom is -0.496 e. The quantitative estimate of drug-likeness (QED) is 0.172. The first-order valence-electron chi connectivity index (χ1n) is 12.9. The van der Waals surface area contributed by atoms with Crippen molar-refractivity contribution >= 4 is 47.5 Å². The maximum atomic E-state index is 13.3. The molecular formula is C29H35BN4O4. The molecule has 0 radical (unpaired) electrons. The van der Waals surface area contributed by atoms with E-state index < -0.39 is 11.7 Å². The van der Waals surface area contributed by atoms with E-state index >= 15 is 0 Å². The number of nitrogens with zero attached hydrogens (tertiary/aromatic N) is 3. The third-order valence-electron chi connectivity index (χ3n) is 6.70. The summed E-state index contributed by atoms with van der Waals surface area (Å²) in [5, 5.41) is 0.628. The Morgan fingerprint density at radius 3 is 2.29 bits per heavy atom. The highest BCUT2D eigenvalue weighted by Crippen LogP contribution is 2.28. The summed E-state index contributed by atoms with van der Waals surface area (Å²) in [7, 11) is 3.49. The number of ether oxygens (including phenoxy) is 1. The van der Waals surface area contributed by atoms with E-state index in [4.69, 9.17) is 9.73 Å². The van der Waals surface area contributed by atoms with Gasteiger partial charge in [0.1, 0.15) is 19.4 Å². The number of aromatic nitrogens is 1. The van der Waals surface area contributed by atoms with Crippen LogP contribution in [0.2, 0.25) is 0 Å². The molecule has 0 spiro atoms. The molecule has 1 amide bonds. The van der Waals surface area contributed by atoms with Gasteiger partial charge in [0.15, 0.2) is 5.78 Å². The molecule has 38 heavy (non-hydrogen) atoms. The minimum absolute atomic E-state index is 0.0917. The lowest BCUT2D eigenvalue weighted by Gasteiger charge is -2.36. The number of benzene rings is 2. The van der Waals surface area contributed by atoms with Crippen molar-refractivity contribution in [3.05, 3.63) is 59.8 Å². The zero-order valence-electron chi connectivity index (χ0n) is 22.8. The number of piperazine rings is 1. The van der Waals surface area contributed by atoms with Crippen molar-refractivity contribution in [3.63, 3.8) is 0 Å². The zero-order valence-corrected chi connectivity index (χ0v) is 22.8. The number of methoxy groups -OCH3 is 1. The van der Waals surface area contributed by atoms with Gasteiger partial charge in [-0.05, 0) is 11.5 Å². The Balaban J connectivity index is 1.49. The van der Waals surface area contributed by atoms with E-state index in [1.54, 1.807) is 18.2 Å². The summed E-state index contributed by atoms with van der Waals surface area (Å²) in [4.78, 5) is 50.6. The third kappa shape index (κ3) is 5.98. The monoisotopic (exact) mass is 514 g/mol. The van der Waals surface area contributed by atoms with Crippen molar-refractivity contribution in [1.29, 1.82) is 0 Å². The molecule has 2 aromatic carbocycles. The number of rotatable bonds is 7. The zero-order chi connectivity index (χ0) is 27.4. The van der Waals surface area contributed by atoms with Gasteiger partial charge in [-0.2, -0.15) is 0 Å². The maximum Gasteiger partial charge on any atom is 0.295 e. The number of ketones is 2. The summed E-state index contributed by atoms with van der Waals surface area (Å²) in [6.07, 6.45) is 2.05. The SMILES string of the molecule is Bc1ccc(OC)c2c(C(=O)C(=O)N3CCN(/C(=N/CC(=O)CC(C)(C)C)c4ccccc4)CC3)c[nH]c12. The van der Waals surface area contributed by atoms with Crippen LogP contribution in [0.1, 0.15) is 43.1 Å². The standard InChI is InChI=1S/C29H35BN4O4/c1-29(2,3)16-20(35)17-32-27(19-8-6-5-7-9-19)33-12-14-34(15-13-33)28(37)26(36)21-18-31-25-22(30)10-11-23(38-4)24(21)25/h5-11,18,31H,12-17,30H2,1-4H3/b32-27+. The van der Waals surface area contributed by atoms with Crippen LogP contribution >= 0.6 is 0 Å². The molecule has 2 heterocycles. The molecule has 1 aromatic heterocycles. The van der Waals surface area contributed by atoms with Crippen molar-refractivity contribution < 1.29 is 19.1 Å². The van der Waals surface area contributed by atoms with Crippen molar-refractivity contribution in [1.82, 2.24) is 14.8 Å². The van der Waals surface area contributed by atoms with Crippen LogP contribution in [0.5, 0.6) is 5.75 Å². The number of nitrogens with one attached hydrogen (secondary N) is 1. The summed E-state index contributed by atoms with van der Waals surface area (Å²) in [6.45, 7) is 8.01. The molecule has 1 aliphatic rings. The molecule has 9 heteroatoms. The van der Waals surface area contributed by atoms with Crippen LogP contribution in [-0.4, -0.2) is 85.8 Å². The highest BCUT2D eigenvalue weighted by Gasteiger charge is 2.30. The number of aromatic amines is 1. The van der Waals surface area contributed by atoms with Crippen LogP contribution in [0.25, 0.3) is 10.9 Å². The normalized spacial score (nSPS) is 14.6. The summed E-state index contributed by atoms with van der Waals surface area (Å²) in [5.41, 5.74) is 2.90. The summed E-state index contributed by atoms with van der Waals surface area (Å²) >= 11 is 0. The van der Waals surface area contributed by atoms with Crippen LogP contribution in [0.15, 0.2) is 53.7 Å². The largest absolute Gasteiger partial charge is 0.496 e. The van der Waals surface area contributed by atoms with Gasteiger partial charge in [-0.15, -0.1) is 0 Å². The lowest BCUT2D eigenvalue weighted by atomic mass is 9.90. The van der Waals surface area contributed by atoms with E-state index in [1.807, 2.05) is 71.1 Å². The number of amidine groups is 1. The molecule has 1 saturated heterocycles. The Labute approximate surface area is 224 Å². The number of hydrogen-bond acceptors (Lipinski definition) is 5. The minimum atomic E-state index is -0.557. The van der Waals surface area contributed by atoms with Gasteiger partial charge in [-0.25, -0.2) is 0 Å². The van der Waals surface area contributed by atoms with Gasteiger partial charge in [0, 0.05) is 49.9 Å². The molecule has 0 atom stereocenters. The van der Waals surface area contributed by atoms with Crippen LogP contribution in [-0.2, 0) is 9.59 Å². The maximum absolute atomic E-state index is 13.3. The Bertz CT molecular complexity index is 1370. The molecule has 0 saturated carbocycles. The van der Waals surface area contributed by atoms with Gasteiger partial charge in [-0.3, -0.25) is 19.4 Å². The number of amides is 1. The molecule has 1 N–H and O–H groups in total.